The Morgan fingerprint density at radius 1 is 1.12 bits per heavy atom. The number of piperidine rings is 1. The molecule has 0 unspecified atom stereocenters. The Balaban J connectivity index is 1.60. The molecule has 1 aromatic heterocycles. The van der Waals surface area contributed by atoms with Crippen molar-refractivity contribution in [1.82, 2.24) is 4.98 Å². The number of Topliss-reactive ketones (excluding diaryl/α,β-unsaturated/α-hetero) is 1. The van der Waals surface area contributed by atoms with Gasteiger partial charge < -0.3 is 9.64 Å². The van der Waals surface area contributed by atoms with Crippen LogP contribution in [0.15, 0.2) is 42.6 Å². The molecule has 1 fully saturated rings. The van der Waals surface area contributed by atoms with Gasteiger partial charge in [-0.05, 0) is 49.2 Å². The standard InChI is InChI=1S/C19H19F3N2O2/c1-26-16-5-2-13(3-6-16)18(25)14-8-10-24(11-9-14)17-7-4-15(12-23-17)19(20,21)22/h2-7,12,14H,8-11H2,1H3. The van der Waals surface area contributed by atoms with Crippen LogP contribution in [-0.4, -0.2) is 31.0 Å². The number of halogens is 3. The lowest BCUT2D eigenvalue weighted by Crippen LogP contribution is -2.36. The quantitative estimate of drug-likeness (QED) is 0.763. The van der Waals surface area contributed by atoms with Gasteiger partial charge in [-0.15, -0.1) is 0 Å². The van der Waals surface area contributed by atoms with Crippen molar-refractivity contribution >= 4 is 11.6 Å². The highest BCUT2D eigenvalue weighted by atomic mass is 19.4. The molecule has 3 rings (SSSR count). The Kier molecular flexibility index (Phi) is 5.15. The predicted octanol–water partition coefficient (Wildman–Crippen LogP) is 4.21. The summed E-state index contributed by atoms with van der Waals surface area (Å²) in [6.45, 7) is 1.18. The van der Waals surface area contributed by atoms with Crippen LogP contribution in [0.4, 0.5) is 19.0 Å². The molecule has 1 aromatic carbocycles. The van der Waals surface area contributed by atoms with Crippen molar-refractivity contribution in [3.63, 3.8) is 0 Å². The van der Waals surface area contributed by atoms with Crippen LogP contribution in [0.3, 0.4) is 0 Å². The number of nitrogens with zero attached hydrogens (tertiary/aromatic N) is 2. The number of anilines is 1. The number of hydrogen-bond donors (Lipinski definition) is 0. The smallest absolute Gasteiger partial charge is 0.417 e. The minimum absolute atomic E-state index is 0.0888. The summed E-state index contributed by atoms with van der Waals surface area (Å²) < 4.78 is 42.9. The molecule has 1 aliphatic heterocycles. The predicted molar refractivity (Wildman–Crippen MR) is 91.5 cm³/mol. The number of carbonyl (C=O) groups is 1. The van der Waals surface area contributed by atoms with Crippen LogP contribution in [0.2, 0.25) is 0 Å². The van der Waals surface area contributed by atoms with Crippen molar-refractivity contribution in [3.8, 4) is 5.75 Å². The Morgan fingerprint density at radius 2 is 1.77 bits per heavy atom. The van der Waals surface area contributed by atoms with Gasteiger partial charge in [-0.2, -0.15) is 13.2 Å². The molecule has 4 nitrogen and oxygen atoms in total. The molecule has 7 heteroatoms. The lowest BCUT2D eigenvalue weighted by Gasteiger charge is -2.32. The van der Waals surface area contributed by atoms with Crippen LogP contribution in [0.5, 0.6) is 5.75 Å². The maximum Gasteiger partial charge on any atom is 0.417 e. The number of rotatable bonds is 4. The van der Waals surface area contributed by atoms with E-state index in [1.54, 1.807) is 31.4 Å². The molecule has 0 aliphatic carbocycles. The average Bonchev–Trinajstić information content (AvgIpc) is 2.67. The van der Waals surface area contributed by atoms with Crippen LogP contribution in [-0.2, 0) is 6.18 Å². The molecule has 2 aromatic rings. The second-order valence-electron chi connectivity index (χ2n) is 6.26. The van der Waals surface area contributed by atoms with Gasteiger partial charge in [0.05, 0.1) is 12.7 Å². The normalized spacial score (nSPS) is 15.8. The zero-order valence-corrected chi connectivity index (χ0v) is 14.3. The van der Waals surface area contributed by atoms with E-state index in [1.165, 1.54) is 6.07 Å². The molecule has 0 saturated carbocycles. The summed E-state index contributed by atoms with van der Waals surface area (Å²) in [5, 5.41) is 0. The number of hydrogen-bond acceptors (Lipinski definition) is 4. The molecule has 0 radical (unpaired) electrons. The minimum atomic E-state index is -4.39. The maximum atomic E-state index is 12.6. The fourth-order valence-corrected chi connectivity index (χ4v) is 3.10. The molecule has 1 saturated heterocycles. The summed E-state index contributed by atoms with van der Waals surface area (Å²) in [7, 11) is 1.57. The highest BCUT2D eigenvalue weighted by molar-refractivity contribution is 5.98. The van der Waals surface area contributed by atoms with Crippen LogP contribution in [0.1, 0.15) is 28.8 Å². The number of ether oxygens (including phenoxy) is 1. The van der Waals surface area contributed by atoms with Gasteiger partial charge in [0.25, 0.3) is 0 Å². The first-order valence-electron chi connectivity index (χ1n) is 8.35. The Labute approximate surface area is 149 Å². The fourth-order valence-electron chi connectivity index (χ4n) is 3.10. The first-order valence-corrected chi connectivity index (χ1v) is 8.35. The molecule has 26 heavy (non-hydrogen) atoms. The third-order valence-corrected chi connectivity index (χ3v) is 4.64. The zero-order valence-electron chi connectivity index (χ0n) is 14.3. The van der Waals surface area contributed by atoms with E-state index in [4.69, 9.17) is 4.74 Å². The number of alkyl halides is 3. The second kappa shape index (κ2) is 7.35. The highest BCUT2D eigenvalue weighted by Gasteiger charge is 2.31. The largest absolute Gasteiger partial charge is 0.497 e. The molecular formula is C19H19F3N2O2. The van der Waals surface area contributed by atoms with Crippen molar-refractivity contribution in [1.29, 1.82) is 0 Å². The molecule has 0 N–H and O–H groups in total. The van der Waals surface area contributed by atoms with Gasteiger partial charge in [-0.1, -0.05) is 0 Å². The zero-order chi connectivity index (χ0) is 18.7. The fraction of sp³-hybridized carbons (Fsp3) is 0.368. The number of pyridine rings is 1. The maximum absolute atomic E-state index is 12.6. The number of methoxy groups -OCH3 is 1. The van der Waals surface area contributed by atoms with Crippen molar-refractivity contribution < 1.29 is 22.7 Å². The average molecular weight is 364 g/mol. The topological polar surface area (TPSA) is 42.4 Å². The van der Waals surface area contributed by atoms with E-state index < -0.39 is 11.7 Å². The van der Waals surface area contributed by atoms with Gasteiger partial charge in [0.1, 0.15) is 11.6 Å². The van der Waals surface area contributed by atoms with Crippen LogP contribution < -0.4 is 9.64 Å². The molecule has 138 valence electrons. The van der Waals surface area contributed by atoms with Crippen LogP contribution >= 0.6 is 0 Å². The summed E-state index contributed by atoms with van der Waals surface area (Å²) in [6, 6.07) is 9.45. The van der Waals surface area contributed by atoms with Crippen LogP contribution in [0.25, 0.3) is 0 Å². The lowest BCUT2D eigenvalue weighted by molar-refractivity contribution is -0.137. The molecule has 0 spiro atoms. The summed E-state index contributed by atoms with van der Waals surface area (Å²) >= 11 is 0. The molecule has 2 heterocycles. The third kappa shape index (κ3) is 3.98. The molecular weight excluding hydrogens is 345 g/mol. The molecule has 1 aliphatic rings. The van der Waals surface area contributed by atoms with Crippen molar-refractivity contribution in [3.05, 3.63) is 53.7 Å². The Bertz CT molecular complexity index is 750. The van der Waals surface area contributed by atoms with Gasteiger partial charge in [0, 0.05) is 30.8 Å². The Morgan fingerprint density at radius 3 is 2.27 bits per heavy atom. The Hall–Kier alpha value is -2.57. The van der Waals surface area contributed by atoms with Gasteiger partial charge in [0.2, 0.25) is 0 Å². The van der Waals surface area contributed by atoms with Gasteiger partial charge in [-0.3, -0.25) is 4.79 Å². The molecule has 0 amide bonds. The number of aromatic nitrogens is 1. The van der Waals surface area contributed by atoms with E-state index in [-0.39, 0.29) is 11.7 Å². The van der Waals surface area contributed by atoms with Crippen LogP contribution in [0, 0.1) is 5.92 Å². The van der Waals surface area contributed by atoms with E-state index in [0.717, 1.165) is 12.3 Å². The van der Waals surface area contributed by atoms with E-state index in [2.05, 4.69) is 4.98 Å². The van der Waals surface area contributed by atoms with Gasteiger partial charge >= 0.3 is 6.18 Å². The number of ketones is 1. The summed E-state index contributed by atoms with van der Waals surface area (Å²) in [5.74, 6) is 1.21. The second-order valence-corrected chi connectivity index (χ2v) is 6.26. The van der Waals surface area contributed by atoms with E-state index >= 15 is 0 Å². The SMILES string of the molecule is COc1ccc(C(=O)C2CCN(c3ccc(C(F)(F)F)cn3)CC2)cc1. The minimum Gasteiger partial charge on any atom is -0.497 e. The number of benzene rings is 1. The van der Waals surface area contributed by atoms with Gasteiger partial charge in [-0.25, -0.2) is 4.98 Å². The summed E-state index contributed by atoms with van der Waals surface area (Å²) in [5.41, 5.74) is -0.109. The van der Waals surface area contributed by atoms with Crippen molar-refractivity contribution in [2.45, 2.75) is 19.0 Å². The number of carbonyl (C=O) groups excluding carboxylic acids is 1. The van der Waals surface area contributed by atoms with Gasteiger partial charge in [0.15, 0.2) is 5.78 Å². The third-order valence-electron chi connectivity index (χ3n) is 4.64. The highest BCUT2D eigenvalue weighted by Crippen LogP contribution is 2.30. The summed E-state index contributed by atoms with van der Waals surface area (Å²) in [4.78, 5) is 18.4. The lowest BCUT2D eigenvalue weighted by atomic mass is 9.89. The van der Waals surface area contributed by atoms with Crippen molar-refractivity contribution in [2.24, 2.45) is 5.92 Å². The van der Waals surface area contributed by atoms with Crippen molar-refractivity contribution in [2.75, 3.05) is 25.1 Å². The van der Waals surface area contributed by atoms with E-state index in [9.17, 15) is 18.0 Å². The first-order chi connectivity index (χ1) is 12.4. The van der Waals surface area contributed by atoms with E-state index in [0.29, 0.717) is 43.1 Å². The monoisotopic (exact) mass is 364 g/mol. The first kappa shape index (κ1) is 18.2. The van der Waals surface area contributed by atoms with E-state index in [1.807, 2.05) is 4.90 Å². The molecule has 0 bridgehead atoms. The molecule has 0 atom stereocenters. The summed E-state index contributed by atoms with van der Waals surface area (Å²) in [6.07, 6.45) is -2.24.